The molecule has 0 aliphatic carbocycles. The van der Waals surface area contributed by atoms with Gasteiger partial charge in [-0.2, -0.15) is 0 Å². The second-order valence-corrected chi connectivity index (χ2v) is 16.3. The Labute approximate surface area is 349 Å². The maximum absolute atomic E-state index is 13.4. The zero-order valence-corrected chi connectivity index (χ0v) is 34.5. The van der Waals surface area contributed by atoms with Gasteiger partial charge in [-0.3, -0.25) is 0 Å². The number of benzene rings is 8. The highest BCUT2D eigenvalue weighted by Gasteiger charge is 2.43. The van der Waals surface area contributed by atoms with E-state index in [4.69, 9.17) is 0 Å². The van der Waals surface area contributed by atoms with Gasteiger partial charge >= 0.3 is 0 Å². The summed E-state index contributed by atoms with van der Waals surface area (Å²) in [5, 5.41) is 39.0. The van der Waals surface area contributed by atoms with Crippen molar-refractivity contribution in [1.82, 2.24) is 10.6 Å². The maximum atomic E-state index is 13.4. The van der Waals surface area contributed by atoms with Gasteiger partial charge in [0.05, 0.1) is 12.1 Å². The van der Waals surface area contributed by atoms with Crippen LogP contribution in [0.4, 0.5) is 0 Å². The zero-order valence-electron chi connectivity index (χ0n) is 34.5. The molecule has 59 heavy (non-hydrogen) atoms. The molecule has 0 fully saturated rings. The molecule has 0 aliphatic rings. The topological polar surface area (TPSA) is 64.5 Å². The second kappa shape index (κ2) is 17.1. The SMILES string of the molecule is Cc1ccc(C(O)(c2ccc(C)cc2)[C@@H](NCCCN[C@@H](c2cccc3ccccc23)C(O)(c2ccc(C)cc2)c2ccc(C)cc2)c2cccc3ccccc23)cc1. The van der Waals surface area contributed by atoms with Crippen LogP contribution < -0.4 is 10.6 Å². The van der Waals surface area contributed by atoms with Crippen LogP contribution in [0.15, 0.2) is 182 Å². The molecule has 4 nitrogen and oxygen atoms in total. The van der Waals surface area contributed by atoms with Gasteiger partial charge in [-0.15, -0.1) is 0 Å². The predicted octanol–water partition coefficient (Wildman–Crippen LogP) is 11.5. The molecule has 0 heterocycles. The van der Waals surface area contributed by atoms with Crippen molar-refractivity contribution in [3.63, 3.8) is 0 Å². The number of rotatable bonds is 14. The van der Waals surface area contributed by atoms with E-state index in [1.54, 1.807) is 0 Å². The molecule has 0 amide bonds. The minimum absolute atomic E-state index is 0.495. The Morgan fingerprint density at radius 2 is 0.661 bits per heavy atom. The molecule has 0 unspecified atom stereocenters. The molecule has 0 aliphatic heterocycles. The predicted molar refractivity (Wildman–Crippen MR) is 245 cm³/mol. The van der Waals surface area contributed by atoms with Crippen molar-refractivity contribution in [3.05, 3.63) is 238 Å². The largest absolute Gasteiger partial charge is 0.378 e. The van der Waals surface area contributed by atoms with Crippen LogP contribution in [0.25, 0.3) is 21.5 Å². The molecule has 0 spiro atoms. The van der Waals surface area contributed by atoms with E-state index in [1.807, 2.05) is 0 Å². The lowest BCUT2D eigenvalue weighted by molar-refractivity contribution is 0.0340. The first kappa shape index (κ1) is 39.9. The van der Waals surface area contributed by atoms with E-state index >= 15 is 0 Å². The Hall–Kier alpha value is -5.88. The van der Waals surface area contributed by atoms with Crippen molar-refractivity contribution in [2.45, 2.75) is 57.4 Å². The number of fused-ring (bicyclic) bond motifs is 2. The van der Waals surface area contributed by atoms with Crippen LogP contribution in [0.1, 0.15) is 74.1 Å². The van der Waals surface area contributed by atoms with Crippen LogP contribution in [0.2, 0.25) is 0 Å². The molecule has 2 atom stereocenters. The minimum atomic E-state index is -1.40. The summed E-state index contributed by atoms with van der Waals surface area (Å²) in [5.41, 5.74) is 7.11. The quantitative estimate of drug-likeness (QED) is 0.0831. The van der Waals surface area contributed by atoms with E-state index in [-0.39, 0.29) is 0 Å². The summed E-state index contributed by atoms with van der Waals surface area (Å²) < 4.78 is 0. The first-order valence-electron chi connectivity index (χ1n) is 20.8. The van der Waals surface area contributed by atoms with Crippen molar-refractivity contribution < 1.29 is 10.2 Å². The van der Waals surface area contributed by atoms with Gasteiger partial charge in [-0.05, 0) is 102 Å². The summed E-state index contributed by atoms with van der Waals surface area (Å²) in [6, 6.07) is 61.7. The van der Waals surface area contributed by atoms with Crippen molar-refractivity contribution in [2.75, 3.05) is 13.1 Å². The highest BCUT2D eigenvalue weighted by molar-refractivity contribution is 5.87. The van der Waals surface area contributed by atoms with E-state index in [0.29, 0.717) is 13.1 Å². The number of nitrogens with one attached hydrogen (secondary N) is 2. The van der Waals surface area contributed by atoms with E-state index in [0.717, 1.165) is 83.6 Å². The molecule has 8 aromatic carbocycles. The van der Waals surface area contributed by atoms with E-state index in [9.17, 15) is 10.2 Å². The third-order valence-corrected chi connectivity index (χ3v) is 12.1. The van der Waals surface area contributed by atoms with Crippen LogP contribution in [-0.2, 0) is 11.2 Å². The number of aliphatic hydroxyl groups is 2. The summed E-state index contributed by atoms with van der Waals surface area (Å²) in [6.45, 7) is 9.49. The molecular weight excluding hydrogens is 721 g/mol. The number of hydrogen-bond donors (Lipinski definition) is 4. The Morgan fingerprint density at radius 3 is 0.983 bits per heavy atom. The monoisotopic (exact) mass is 774 g/mol. The summed E-state index contributed by atoms with van der Waals surface area (Å²) in [5.74, 6) is 0. The van der Waals surface area contributed by atoms with Gasteiger partial charge in [0.15, 0.2) is 0 Å². The van der Waals surface area contributed by atoms with Crippen LogP contribution >= 0.6 is 0 Å². The van der Waals surface area contributed by atoms with E-state index in [2.05, 4.69) is 220 Å². The third kappa shape index (κ3) is 7.98. The van der Waals surface area contributed by atoms with E-state index < -0.39 is 23.3 Å². The Kier molecular flexibility index (Phi) is 11.6. The van der Waals surface area contributed by atoms with Gasteiger partial charge in [0, 0.05) is 0 Å². The first-order valence-corrected chi connectivity index (χ1v) is 20.8. The standard InChI is InChI=1S/C55H54N2O2/c1-38-20-28-44(29-21-38)54(58,45-30-22-39(2)23-31-45)52(50-18-9-14-42-12-5-7-16-48(42)50)56-36-11-37-57-53(51-19-10-15-43-13-6-8-17-49(43)51)55(59,46-32-24-40(3)25-33-46)47-34-26-41(4)27-35-47/h5-10,12-35,52-53,56-59H,11,36-37H2,1-4H3/t52-,53-/m0/s1. The highest BCUT2D eigenvalue weighted by Crippen LogP contribution is 2.45. The normalized spacial score (nSPS) is 13.1. The Bertz CT molecular complexity index is 2360. The molecule has 0 aromatic heterocycles. The van der Waals surface area contributed by atoms with Crippen molar-refractivity contribution in [3.8, 4) is 0 Å². The van der Waals surface area contributed by atoms with Gasteiger partial charge < -0.3 is 20.8 Å². The third-order valence-electron chi connectivity index (χ3n) is 12.1. The van der Waals surface area contributed by atoms with Crippen LogP contribution in [-0.4, -0.2) is 23.3 Å². The first-order chi connectivity index (χ1) is 28.7. The molecule has 0 saturated heterocycles. The molecule has 8 aromatic rings. The lowest BCUT2D eigenvalue weighted by Gasteiger charge is -2.40. The van der Waals surface area contributed by atoms with E-state index in [1.165, 1.54) is 0 Å². The zero-order chi connectivity index (χ0) is 41.0. The van der Waals surface area contributed by atoms with Crippen LogP contribution in [0.5, 0.6) is 0 Å². The van der Waals surface area contributed by atoms with Gasteiger partial charge in [0.1, 0.15) is 11.2 Å². The average molecular weight is 775 g/mol. The molecule has 4 N–H and O–H groups in total. The molecule has 8 rings (SSSR count). The number of aryl methyl sites for hydroxylation is 4. The number of hydrogen-bond acceptors (Lipinski definition) is 4. The Morgan fingerprint density at radius 1 is 0.373 bits per heavy atom. The average Bonchev–Trinajstić information content (AvgIpc) is 3.26. The van der Waals surface area contributed by atoms with Gasteiger partial charge in [-0.1, -0.05) is 204 Å². The molecule has 0 saturated carbocycles. The fourth-order valence-corrected chi connectivity index (χ4v) is 8.78. The summed E-state index contributed by atoms with van der Waals surface area (Å²) in [7, 11) is 0. The van der Waals surface area contributed by atoms with Crippen molar-refractivity contribution in [2.24, 2.45) is 0 Å². The fourth-order valence-electron chi connectivity index (χ4n) is 8.78. The van der Waals surface area contributed by atoms with Crippen molar-refractivity contribution in [1.29, 1.82) is 0 Å². The smallest absolute Gasteiger partial charge is 0.134 e. The molecular formula is C55H54N2O2. The lowest BCUT2D eigenvalue weighted by Crippen LogP contribution is -2.45. The minimum Gasteiger partial charge on any atom is -0.378 e. The molecule has 0 bridgehead atoms. The fraction of sp³-hybridized carbons (Fsp3) is 0.200. The maximum Gasteiger partial charge on any atom is 0.134 e. The molecule has 296 valence electrons. The summed E-state index contributed by atoms with van der Waals surface area (Å²) in [6.07, 6.45) is 0.721. The molecule has 4 heteroatoms. The highest BCUT2D eigenvalue weighted by atomic mass is 16.3. The summed E-state index contributed by atoms with van der Waals surface area (Å²) in [4.78, 5) is 0. The van der Waals surface area contributed by atoms with Crippen molar-refractivity contribution >= 4 is 21.5 Å². The van der Waals surface area contributed by atoms with Gasteiger partial charge in [0.2, 0.25) is 0 Å². The van der Waals surface area contributed by atoms with Crippen LogP contribution in [0, 0.1) is 27.7 Å². The van der Waals surface area contributed by atoms with Crippen LogP contribution in [0.3, 0.4) is 0 Å². The van der Waals surface area contributed by atoms with Gasteiger partial charge in [-0.25, -0.2) is 0 Å². The van der Waals surface area contributed by atoms with Gasteiger partial charge in [0.25, 0.3) is 0 Å². The molecule has 0 radical (unpaired) electrons. The second-order valence-electron chi connectivity index (χ2n) is 16.3. The Balaban J connectivity index is 1.17. The lowest BCUT2D eigenvalue weighted by atomic mass is 9.75. The summed E-state index contributed by atoms with van der Waals surface area (Å²) >= 11 is 0.